The zero-order valence-corrected chi connectivity index (χ0v) is 11.8. The van der Waals surface area contributed by atoms with Gasteiger partial charge in [-0.05, 0) is 24.3 Å². The Morgan fingerprint density at radius 2 is 1.82 bits per heavy atom. The number of carboxylic acids is 1. The second-order valence-electron chi connectivity index (χ2n) is 4.87. The van der Waals surface area contributed by atoms with Crippen molar-refractivity contribution in [3.05, 3.63) is 54.4 Å². The highest BCUT2D eigenvalue weighted by Gasteiger charge is 2.08. The number of anilines is 1. The number of amides is 1. The van der Waals surface area contributed by atoms with Gasteiger partial charge in [-0.25, -0.2) is 9.78 Å². The van der Waals surface area contributed by atoms with Gasteiger partial charge in [-0.3, -0.25) is 4.79 Å². The lowest BCUT2D eigenvalue weighted by Crippen LogP contribution is -2.05. The van der Waals surface area contributed by atoms with Crippen LogP contribution in [0.1, 0.15) is 17.3 Å². The van der Waals surface area contributed by atoms with Crippen LogP contribution in [0, 0.1) is 0 Å². The van der Waals surface area contributed by atoms with Crippen molar-refractivity contribution in [1.29, 1.82) is 0 Å². The van der Waals surface area contributed by atoms with E-state index in [9.17, 15) is 9.59 Å². The van der Waals surface area contributed by atoms with Crippen LogP contribution in [-0.4, -0.2) is 26.4 Å². The molecule has 110 valence electrons. The van der Waals surface area contributed by atoms with Crippen LogP contribution in [0.5, 0.6) is 0 Å². The zero-order chi connectivity index (χ0) is 15.7. The highest BCUT2D eigenvalue weighted by atomic mass is 16.4. The Hall–Kier alpha value is -3.15. The monoisotopic (exact) mass is 295 g/mol. The number of carboxylic acid groups (broad SMARTS) is 1. The van der Waals surface area contributed by atoms with Crippen molar-refractivity contribution in [3.63, 3.8) is 0 Å². The minimum atomic E-state index is -0.975. The number of pyridine rings is 1. The highest BCUT2D eigenvalue weighted by Crippen LogP contribution is 2.21. The zero-order valence-electron chi connectivity index (χ0n) is 11.8. The van der Waals surface area contributed by atoms with Crippen molar-refractivity contribution < 1.29 is 14.7 Å². The van der Waals surface area contributed by atoms with Crippen LogP contribution in [0.2, 0.25) is 0 Å². The average Bonchev–Trinajstić information content (AvgIpc) is 2.90. The fourth-order valence-electron chi connectivity index (χ4n) is 2.18. The van der Waals surface area contributed by atoms with Crippen LogP contribution in [0.15, 0.2) is 48.8 Å². The van der Waals surface area contributed by atoms with Gasteiger partial charge in [-0.2, -0.15) is 0 Å². The van der Waals surface area contributed by atoms with E-state index < -0.39 is 5.97 Å². The topological polar surface area (TPSA) is 83.7 Å². The van der Waals surface area contributed by atoms with E-state index in [0.717, 1.165) is 11.3 Å². The normalized spacial score (nSPS) is 10.6. The molecule has 1 amide bonds. The van der Waals surface area contributed by atoms with E-state index in [2.05, 4.69) is 10.3 Å². The molecule has 0 radical (unpaired) electrons. The lowest BCUT2D eigenvalue weighted by molar-refractivity contribution is -0.114. The van der Waals surface area contributed by atoms with E-state index in [-0.39, 0.29) is 11.5 Å². The first-order chi connectivity index (χ1) is 10.5. The van der Waals surface area contributed by atoms with Crippen molar-refractivity contribution >= 4 is 23.2 Å². The summed E-state index contributed by atoms with van der Waals surface area (Å²) < 4.78 is 1.68. The Bertz CT molecular complexity index is 866. The summed E-state index contributed by atoms with van der Waals surface area (Å²) in [5.41, 5.74) is 3.21. The van der Waals surface area contributed by atoms with E-state index in [1.807, 2.05) is 12.1 Å². The maximum atomic E-state index is 11.0. The van der Waals surface area contributed by atoms with Gasteiger partial charge in [-0.1, -0.05) is 12.1 Å². The molecule has 0 spiro atoms. The van der Waals surface area contributed by atoms with Gasteiger partial charge in [0.25, 0.3) is 0 Å². The molecule has 0 atom stereocenters. The van der Waals surface area contributed by atoms with Crippen molar-refractivity contribution in [2.75, 3.05) is 5.32 Å². The molecule has 0 fully saturated rings. The third-order valence-corrected chi connectivity index (χ3v) is 3.20. The fourth-order valence-corrected chi connectivity index (χ4v) is 2.18. The van der Waals surface area contributed by atoms with E-state index in [1.165, 1.54) is 19.2 Å². The predicted octanol–water partition coefficient (Wildman–Crippen LogP) is 2.66. The largest absolute Gasteiger partial charge is 0.478 e. The molecule has 1 aromatic carbocycles. The lowest BCUT2D eigenvalue weighted by atomic mass is 10.1. The fraction of sp³-hybridized carbons (Fsp3) is 0.0625. The smallest absolute Gasteiger partial charge is 0.337 e. The van der Waals surface area contributed by atoms with Crippen LogP contribution >= 0.6 is 0 Å². The number of nitrogens with one attached hydrogen (secondary N) is 1. The van der Waals surface area contributed by atoms with Crippen molar-refractivity contribution in [1.82, 2.24) is 9.38 Å². The summed E-state index contributed by atoms with van der Waals surface area (Å²) in [6, 6.07) is 10.5. The second kappa shape index (κ2) is 5.33. The molecule has 3 aromatic rings. The number of hydrogen-bond donors (Lipinski definition) is 2. The molecule has 0 aliphatic rings. The Morgan fingerprint density at radius 3 is 2.45 bits per heavy atom. The molecule has 0 aliphatic carbocycles. The third-order valence-electron chi connectivity index (χ3n) is 3.20. The van der Waals surface area contributed by atoms with Gasteiger partial charge in [0.05, 0.1) is 11.3 Å². The number of aromatic carboxylic acids is 1. The van der Waals surface area contributed by atoms with Crippen LogP contribution in [0.25, 0.3) is 16.9 Å². The maximum absolute atomic E-state index is 11.0. The number of aromatic nitrogens is 2. The van der Waals surface area contributed by atoms with E-state index in [1.54, 1.807) is 28.8 Å². The molecule has 0 unspecified atom stereocenters. The van der Waals surface area contributed by atoms with Gasteiger partial charge in [-0.15, -0.1) is 0 Å². The standard InChI is InChI=1S/C16H13N3O3/c1-10(20)17-13-5-2-11(3-6-13)14-9-19-8-12(16(21)22)4-7-15(19)18-14/h2-9H,1H3,(H,17,20)(H,21,22). The molecule has 0 saturated heterocycles. The minimum absolute atomic E-state index is 0.123. The summed E-state index contributed by atoms with van der Waals surface area (Å²) in [6.45, 7) is 1.45. The average molecular weight is 295 g/mol. The number of fused-ring (bicyclic) bond motifs is 1. The molecular formula is C16H13N3O3. The van der Waals surface area contributed by atoms with Gasteiger partial charge in [0, 0.05) is 30.6 Å². The molecule has 6 nitrogen and oxygen atoms in total. The quantitative estimate of drug-likeness (QED) is 0.778. The molecule has 0 aliphatic heterocycles. The van der Waals surface area contributed by atoms with Crippen molar-refractivity contribution in [2.45, 2.75) is 6.92 Å². The van der Waals surface area contributed by atoms with Crippen LogP contribution in [0.4, 0.5) is 5.69 Å². The van der Waals surface area contributed by atoms with E-state index in [0.29, 0.717) is 11.3 Å². The number of nitrogens with zero attached hydrogens (tertiary/aromatic N) is 2. The first-order valence-corrected chi connectivity index (χ1v) is 6.63. The third kappa shape index (κ3) is 2.67. The Kier molecular flexibility index (Phi) is 3.34. The highest BCUT2D eigenvalue weighted by molar-refractivity contribution is 5.89. The van der Waals surface area contributed by atoms with Crippen LogP contribution in [0.3, 0.4) is 0 Å². The molecule has 0 saturated carbocycles. The molecular weight excluding hydrogens is 282 g/mol. The number of carbonyl (C=O) groups excluding carboxylic acids is 1. The summed E-state index contributed by atoms with van der Waals surface area (Å²) in [5.74, 6) is -1.10. The van der Waals surface area contributed by atoms with Crippen LogP contribution in [-0.2, 0) is 4.79 Å². The van der Waals surface area contributed by atoms with Crippen molar-refractivity contribution in [2.24, 2.45) is 0 Å². The Balaban J connectivity index is 1.95. The SMILES string of the molecule is CC(=O)Nc1ccc(-c2cn3cc(C(=O)O)ccc3n2)cc1. The molecule has 6 heteroatoms. The molecule has 2 N–H and O–H groups in total. The van der Waals surface area contributed by atoms with E-state index in [4.69, 9.17) is 5.11 Å². The molecule has 22 heavy (non-hydrogen) atoms. The number of imidazole rings is 1. The summed E-state index contributed by atoms with van der Waals surface area (Å²) in [7, 11) is 0. The molecule has 0 bridgehead atoms. The van der Waals surface area contributed by atoms with Gasteiger partial charge < -0.3 is 14.8 Å². The number of hydrogen-bond acceptors (Lipinski definition) is 3. The van der Waals surface area contributed by atoms with Crippen LogP contribution < -0.4 is 5.32 Å². The number of benzene rings is 1. The summed E-state index contributed by atoms with van der Waals surface area (Å²) >= 11 is 0. The van der Waals surface area contributed by atoms with Gasteiger partial charge >= 0.3 is 5.97 Å². The first kappa shape index (κ1) is 13.8. The Morgan fingerprint density at radius 1 is 1.09 bits per heavy atom. The molecule has 2 aromatic heterocycles. The summed E-state index contributed by atoms with van der Waals surface area (Å²) in [5, 5.41) is 11.7. The molecule has 2 heterocycles. The van der Waals surface area contributed by atoms with Gasteiger partial charge in [0.2, 0.25) is 5.91 Å². The minimum Gasteiger partial charge on any atom is -0.478 e. The van der Waals surface area contributed by atoms with Crippen molar-refractivity contribution in [3.8, 4) is 11.3 Å². The summed E-state index contributed by atoms with van der Waals surface area (Å²) in [6.07, 6.45) is 3.30. The second-order valence-corrected chi connectivity index (χ2v) is 4.87. The van der Waals surface area contributed by atoms with Gasteiger partial charge in [0.15, 0.2) is 0 Å². The lowest BCUT2D eigenvalue weighted by Gasteiger charge is -2.02. The van der Waals surface area contributed by atoms with Gasteiger partial charge in [0.1, 0.15) is 5.65 Å². The number of carbonyl (C=O) groups is 2. The maximum Gasteiger partial charge on any atom is 0.337 e. The van der Waals surface area contributed by atoms with E-state index >= 15 is 0 Å². The predicted molar refractivity (Wildman–Crippen MR) is 81.9 cm³/mol. The number of rotatable bonds is 3. The summed E-state index contributed by atoms with van der Waals surface area (Å²) in [4.78, 5) is 26.4. The first-order valence-electron chi connectivity index (χ1n) is 6.63. The molecule has 3 rings (SSSR count). The Labute approximate surface area is 126 Å².